The fraction of sp³-hybridized carbons (Fsp3) is 0.667. The van der Waals surface area contributed by atoms with Crippen molar-refractivity contribution in [3.8, 4) is 0 Å². The monoisotopic (exact) mass is 211 g/mol. The van der Waals surface area contributed by atoms with Gasteiger partial charge in [-0.3, -0.25) is 5.10 Å². The first-order valence-corrected chi connectivity index (χ1v) is 5.00. The number of aromatic amines is 1. The number of aromatic nitrogens is 3. The van der Waals surface area contributed by atoms with E-state index in [9.17, 15) is 4.79 Å². The SMILES string of the molecule is CCc1nc(C2CCC(C(=O)O)O2)n[nH]1. The molecule has 1 saturated heterocycles. The maximum Gasteiger partial charge on any atom is 0.332 e. The first-order chi connectivity index (χ1) is 7.20. The Labute approximate surface area is 86.7 Å². The lowest BCUT2D eigenvalue weighted by Crippen LogP contribution is -2.18. The van der Waals surface area contributed by atoms with E-state index in [0.29, 0.717) is 18.7 Å². The fourth-order valence-corrected chi connectivity index (χ4v) is 1.62. The first-order valence-electron chi connectivity index (χ1n) is 5.00. The molecule has 1 aromatic heterocycles. The number of H-pyrrole nitrogens is 1. The highest BCUT2D eigenvalue weighted by Crippen LogP contribution is 2.30. The third kappa shape index (κ3) is 1.99. The van der Waals surface area contributed by atoms with Gasteiger partial charge in [-0.05, 0) is 12.8 Å². The molecule has 15 heavy (non-hydrogen) atoms. The van der Waals surface area contributed by atoms with E-state index < -0.39 is 12.1 Å². The number of hydrogen-bond donors (Lipinski definition) is 2. The summed E-state index contributed by atoms with van der Waals surface area (Å²) >= 11 is 0. The Hall–Kier alpha value is -1.43. The molecule has 0 radical (unpaired) electrons. The number of aryl methyl sites for hydroxylation is 1. The summed E-state index contributed by atoms with van der Waals surface area (Å²) in [4.78, 5) is 14.9. The molecule has 0 bridgehead atoms. The van der Waals surface area contributed by atoms with Crippen LogP contribution in [0.15, 0.2) is 0 Å². The predicted molar refractivity (Wildman–Crippen MR) is 50.2 cm³/mol. The molecule has 0 saturated carbocycles. The van der Waals surface area contributed by atoms with Gasteiger partial charge in [-0.15, -0.1) is 0 Å². The highest BCUT2D eigenvalue weighted by atomic mass is 16.5. The molecule has 1 aliphatic rings. The third-order valence-corrected chi connectivity index (χ3v) is 2.47. The zero-order chi connectivity index (χ0) is 10.8. The lowest BCUT2D eigenvalue weighted by atomic mass is 10.2. The highest BCUT2D eigenvalue weighted by molar-refractivity contribution is 5.72. The molecule has 6 heteroatoms. The van der Waals surface area contributed by atoms with E-state index in [2.05, 4.69) is 15.2 Å². The average Bonchev–Trinajstić information content (AvgIpc) is 2.86. The molecule has 82 valence electrons. The van der Waals surface area contributed by atoms with Crippen molar-refractivity contribution < 1.29 is 14.6 Å². The molecule has 0 aliphatic carbocycles. The summed E-state index contributed by atoms with van der Waals surface area (Å²) in [5.41, 5.74) is 0. The second-order valence-corrected chi connectivity index (χ2v) is 3.52. The Kier molecular flexibility index (Phi) is 2.68. The largest absolute Gasteiger partial charge is 0.479 e. The van der Waals surface area contributed by atoms with Gasteiger partial charge in [-0.1, -0.05) is 6.92 Å². The molecule has 1 fully saturated rings. The summed E-state index contributed by atoms with van der Waals surface area (Å²) in [6, 6.07) is 0. The van der Waals surface area contributed by atoms with Gasteiger partial charge < -0.3 is 9.84 Å². The molecule has 1 aliphatic heterocycles. The molecule has 2 atom stereocenters. The summed E-state index contributed by atoms with van der Waals surface area (Å²) in [6.07, 6.45) is 0.983. The van der Waals surface area contributed by atoms with Crippen LogP contribution in [-0.4, -0.2) is 32.4 Å². The smallest absolute Gasteiger partial charge is 0.332 e. The van der Waals surface area contributed by atoms with Crippen LogP contribution in [0, 0.1) is 0 Å². The van der Waals surface area contributed by atoms with Crippen LogP contribution in [0.2, 0.25) is 0 Å². The molecule has 0 amide bonds. The van der Waals surface area contributed by atoms with Crippen LogP contribution in [0.5, 0.6) is 0 Å². The van der Waals surface area contributed by atoms with Gasteiger partial charge in [0.25, 0.3) is 0 Å². The second-order valence-electron chi connectivity index (χ2n) is 3.52. The van der Waals surface area contributed by atoms with Crippen molar-refractivity contribution in [2.75, 3.05) is 0 Å². The Morgan fingerprint density at radius 3 is 3.00 bits per heavy atom. The van der Waals surface area contributed by atoms with Crippen molar-refractivity contribution in [2.45, 2.75) is 38.4 Å². The van der Waals surface area contributed by atoms with Gasteiger partial charge in [-0.2, -0.15) is 5.10 Å². The van der Waals surface area contributed by atoms with E-state index in [4.69, 9.17) is 9.84 Å². The van der Waals surface area contributed by atoms with Gasteiger partial charge in [0.05, 0.1) is 0 Å². The number of carbonyl (C=O) groups is 1. The van der Waals surface area contributed by atoms with E-state index in [1.165, 1.54) is 0 Å². The average molecular weight is 211 g/mol. The van der Waals surface area contributed by atoms with E-state index in [1.807, 2.05) is 6.92 Å². The molecule has 2 unspecified atom stereocenters. The van der Waals surface area contributed by atoms with Crippen molar-refractivity contribution in [3.05, 3.63) is 11.6 Å². The summed E-state index contributed by atoms with van der Waals surface area (Å²) in [5.74, 6) is 0.451. The van der Waals surface area contributed by atoms with Crippen LogP contribution >= 0.6 is 0 Å². The van der Waals surface area contributed by atoms with Gasteiger partial charge in [-0.25, -0.2) is 9.78 Å². The Bertz CT molecular complexity index is 363. The second kappa shape index (κ2) is 3.98. The van der Waals surface area contributed by atoms with Crippen LogP contribution in [0.25, 0.3) is 0 Å². The van der Waals surface area contributed by atoms with Crippen LogP contribution in [0.4, 0.5) is 0 Å². The number of carboxylic acid groups (broad SMARTS) is 1. The summed E-state index contributed by atoms with van der Waals surface area (Å²) in [7, 11) is 0. The van der Waals surface area contributed by atoms with Crippen molar-refractivity contribution >= 4 is 5.97 Å². The van der Waals surface area contributed by atoms with Crippen LogP contribution < -0.4 is 0 Å². The minimum Gasteiger partial charge on any atom is -0.479 e. The lowest BCUT2D eigenvalue weighted by molar-refractivity contribution is -0.149. The van der Waals surface area contributed by atoms with Crippen LogP contribution in [0.3, 0.4) is 0 Å². The van der Waals surface area contributed by atoms with Gasteiger partial charge in [0.15, 0.2) is 11.9 Å². The number of carboxylic acids is 1. The summed E-state index contributed by atoms with van der Waals surface area (Å²) < 4.78 is 5.32. The standard InChI is InChI=1S/C9H13N3O3/c1-2-7-10-8(12-11-7)5-3-4-6(15-5)9(13)14/h5-6H,2-4H2,1H3,(H,13,14)(H,10,11,12). The molecule has 2 heterocycles. The number of hydrogen-bond acceptors (Lipinski definition) is 4. The molecule has 1 aromatic rings. The molecular formula is C9H13N3O3. The number of nitrogens with one attached hydrogen (secondary N) is 1. The van der Waals surface area contributed by atoms with Crippen LogP contribution in [-0.2, 0) is 16.0 Å². The molecule has 2 N–H and O–H groups in total. The van der Waals surface area contributed by atoms with Gasteiger partial charge >= 0.3 is 5.97 Å². The first kappa shape index (κ1) is 10.1. The van der Waals surface area contributed by atoms with E-state index >= 15 is 0 Å². The third-order valence-electron chi connectivity index (χ3n) is 2.47. The van der Waals surface area contributed by atoms with E-state index in [1.54, 1.807) is 0 Å². The van der Waals surface area contributed by atoms with E-state index in [-0.39, 0.29) is 6.10 Å². The number of nitrogens with zero attached hydrogens (tertiary/aromatic N) is 2. The molecule has 0 spiro atoms. The van der Waals surface area contributed by atoms with Gasteiger partial charge in [0.1, 0.15) is 11.9 Å². The van der Waals surface area contributed by atoms with Gasteiger partial charge in [0.2, 0.25) is 0 Å². The number of ether oxygens (including phenoxy) is 1. The summed E-state index contributed by atoms with van der Waals surface area (Å²) in [6.45, 7) is 1.97. The maximum atomic E-state index is 10.7. The van der Waals surface area contributed by atoms with Gasteiger partial charge in [0, 0.05) is 6.42 Å². The van der Waals surface area contributed by atoms with Crippen molar-refractivity contribution in [2.24, 2.45) is 0 Å². The minimum absolute atomic E-state index is 0.275. The molecule has 6 nitrogen and oxygen atoms in total. The maximum absolute atomic E-state index is 10.7. The predicted octanol–water partition coefficient (Wildman–Crippen LogP) is 0.672. The van der Waals surface area contributed by atoms with Crippen molar-refractivity contribution in [1.82, 2.24) is 15.2 Å². The Morgan fingerprint density at radius 2 is 2.47 bits per heavy atom. The normalized spacial score (nSPS) is 25.7. The number of rotatable bonds is 3. The van der Waals surface area contributed by atoms with Crippen molar-refractivity contribution in [1.29, 1.82) is 0 Å². The Balaban J connectivity index is 2.04. The zero-order valence-corrected chi connectivity index (χ0v) is 8.43. The minimum atomic E-state index is -0.913. The lowest BCUT2D eigenvalue weighted by Gasteiger charge is -2.06. The van der Waals surface area contributed by atoms with Crippen LogP contribution in [0.1, 0.15) is 37.5 Å². The summed E-state index contributed by atoms with van der Waals surface area (Å²) in [5, 5.41) is 15.6. The topological polar surface area (TPSA) is 88.1 Å². The fourth-order valence-electron chi connectivity index (χ4n) is 1.62. The van der Waals surface area contributed by atoms with Crippen molar-refractivity contribution in [3.63, 3.8) is 0 Å². The molecule has 0 aromatic carbocycles. The molecular weight excluding hydrogens is 198 g/mol. The number of aliphatic carboxylic acids is 1. The quantitative estimate of drug-likeness (QED) is 0.767. The molecule has 2 rings (SSSR count). The zero-order valence-electron chi connectivity index (χ0n) is 8.43. The highest BCUT2D eigenvalue weighted by Gasteiger charge is 2.33. The van der Waals surface area contributed by atoms with E-state index in [0.717, 1.165) is 12.2 Å². The Morgan fingerprint density at radius 1 is 1.67 bits per heavy atom.